The van der Waals surface area contributed by atoms with Gasteiger partial charge in [0, 0.05) is 12.2 Å². The summed E-state index contributed by atoms with van der Waals surface area (Å²) in [4.78, 5) is 0. The van der Waals surface area contributed by atoms with Gasteiger partial charge in [0.05, 0.1) is 17.2 Å². The van der Waals surface area contributed by atoms with Gasteiger partial charge in [-0.3, -0.25) is 0 Å². The summed E-state index contributed by atoms with van der Waals surface area (Å²) in [5.41, 5.74) is 0.708. The molecule has 0 saturated carbocycles. The molecule has 0 bridgehead atoms. The molecule has 2 aromatic rings. The maximum Gasteiger partial charge on any atom is 0.416 e. The number of benzene rings is 2. The highest BCUT2D eigenvalue weighted by molar-refractivity contribution is 5.55. The first-order valence-corrected chi connectivity index (χ1v) is 6.41. The Morgan fingerprint density at radius 2 is 1.86 bits per heavy atom. The molecule has 1 N–H and O–H groups in total. The molecule has 0 spiro atoms. The van der Waals surface area contributed by atoms with Crippen molar-refractivity contribution in [3.05, 3.63) is 64.5 Å². The van der Waals surface area contributed by atoms with Crippen LogP contribution < -0.4 is 5.32 Å². The summed E-state index contributed by atoms with van der Waals surface area (Å²) in [6, 6.07) is 9.44. The van der Waals surface area contributed by atoms with Gasteiger partial charge in [-0.15, -0.1) is 0 Å². The Kier molecular flexibility index (Phi) is 4.36. The third-order valence-corrected chi connectivity index (χ3v) is 3.21. The largest absolute Gasteiger partial charge is 0.416 e. The van der Waals surface area contributed by atoms with Crippen molar-refractivity contribution in [2.24, 2.45) is 0 Å². The van der Waals surface area contributed by atoms with E-state index in [1.165, 1.54) is 0 Å². The summed E-state index contributed by atoms with van der Waals surface area (Å²) in [6.07, 6.45) is -4.62. The lowest BCUT2D eigenvalue weighted by atomic mass is 10.1. The predicted molar refractivity (Wildman–Crippen MR) is 74.6 cm³/mol. The van der Waals surface area contributed by atoms with Gasteiger partial charge < -0.3 is 5.32 Å². The highest BCUT2D eigenvalue weighted by Crippen LogP contribution is 2.33. The number of nitrogens with one attached hydrogen (secondary N) is 1. The molecule has 0 atom stereocenters. The second-order valence-electron chi connectivity index (χ2n) is 4.79. The Hall–Kier alpha value is -2.55. The molecule has 2 nitrogen and oxygen atoms in total. The lowest BCUT2D eigenvalue weighted by Crippen LogP contribution is -2.12. The lowest BCUT2D eigenvalue weighted by Gasteiger charge is -2.15. The van der Waals surface area contributed by atoms with Crippen molar-refractivity contribution in [2.75, 3.05) is 5.32 Å². The first kappa shape index (κ1) is 15.8. The van der Waals surface area contributed by atoms with Crippen molar-refractivity contribution in [1.29, 1.82) is 5.26 Å². The maximum absolute atomic E-state index is 13.0. The third-order valence-electron chi connectivity index (χ3n) is 3.21. The molecule has 0 aliphatic carbocycles. The number of aryl methyl sites for hydroxylation is 1. The molecule has 2 rings (SSSR count). The Labute approximate surface area is 125 Å². The Morgan fingerprint density at radius 3 is 2.50 bits per heavy atom. The van der Waals surface area contributed by atoms with Crippen molar-refractivity contribution >= 4 is 5.69 Å². The zero-order chi connectivity index (χ0) is 16.3. The number of halogens is 4. The Morgan fingerprint density at radius 1 is 1.14 bits per heavy atom. The van der Waals surface area contributed by atoms with Crippen LogP contribution in [-0.2, 0) is 12.7 Å². The molecular formula is C16H12F4N2. The number of nitrogens with zero attached hydrogens (tertiary/aromatic N) is 1. The molecule has 0 aliphatic heterocycles. The van der Waals surface area contributed by atoms with Crippen LogP contribution in [0.2, 0.25) is 0 Å². The van der Waals surface area contributed by atoms with Gasteiger partial charge in [0.25, 0.3) is 0 Å². The second-order valence-corrected chi connectivity index (χ2v) is 4.79. The lowest BCUT2D eigenvalue weighted by molar-refractivity contribution is -0.138. The molecule has 0 saturated heterocycles. The van der Waals surface area contributed by atoms with Crippen LogP contribution >= 0.6 is 0 Å². The van der Waals surface area contributed by atoms with Gasteiger partial charge >= 0.3 is 6.18 Å². The molecular weight excluding hydrogens is 296 g/mol. The van der Waals surface area contributed by atoms with Crippen LogP contribution in [0.5, 0.6) is 0 Å². The monoisotopic (exact) mass is 308 g/mol. The molecule has 6 heteroatoms. The second kappa shape index (κ2) is 6.06. The highest BCUT2D eigenvalue weighted by Gasteiger charge is 2.33. The standard InChI is InChI=1S/C16H12F4N2/c1-10-2-3-11(8-21)6-15(10)22-9-12-4-5-13(17)7-14(12)16(18,19)20/h2-7,22H,9H2,1H3. The summed E-state index contributed by atoms with van der Waals surface area (Å²) >= 11 is 0. The van der Waals surface area contributed by atoms with Gasteiger partial charge in [-0.1, -0.05) is 12.1 Å². The van der Waals surface area contributed by atoms with Gasteiger partial charge in [-0.25, -0.2) is 4.39 Å². The van der Waals surface area contributed by atoms with Crippen molar-refractivity contribution in [2.45, 2.75) is 19.6 Å². The average Bonchev–Trinajstić information content (AvgIpc) is 2.46. The Balaban J connectivity index is 2.28. The summed E-state index contributed by atoms with van der Waals surface area (Å²) in [5.74, 6) is -0.932. The number of anilines is 1. The molecule has 0 fully saturated rings. The van der Waals surface area contributed by atoms with Crippen LogP contribution in [0.4, 0.5) is 23.2 Å². The quantitative estimate of drug-likeness (QED) is 0.839. The maximum atomic E-state index is 13.0. The van der Waals surface area contributed by atoms with E-state index in [0.717, 1.165) is 17.7 Å². The van der Waals surface area contributed by atoms with Crippen LogP contribution in [0.15, 0.2) is 36.4 Å². The smallest absolute Gasteiger partial charge is 0.381 e. The van der Waals surface area contributed by atoms with Gasteiger partial charge in [0.2, 0.25) is 0 Å². The molecule has 114 valence electrons. The van der Waals surface area contributed by atoms with Crippen LogP contribution in [-0.4, -0.2) is 0 Å². The summed E-state index contributed by atoms with van der Waals surface area (Å²) in [7, 11) is 0. The number of alkyl halides is 3. The van der Waals surface area contributed by atoms with E-state index < -0.39 is 17.6 Å². The van der Waals surface area contributed by atoms with E-state index >= 15 is 0 Å². The van der Waals surface area contributed by atoms with Crippen LogP contribution in [0.1, 0.15) is 22.3 Å². The van der Waals surface area contributed by atoms with Crippen LogP contribution in [0.3, 0.4) is 0 Å². The number of hydrogen-bond donors (Lipinski definition) is 1. The minimum atomic E-state index is -4.62. The first-order valence-electron chi connectivity index (χ1n) is 6.41. The summed E-state index contributed by atoms with van der Waals surface area (Å²) < 4.78 is 51.8. The topological polar surface area (TPSA) is 35.8 Å². The summed E-state index contributed by atoms with van der Waals surface area (Å²) in [6.45, 7) is 1.66. The third kappa shape index (κ3) is 3.55. The summed E-state index contributed by atoms with van der Waals surface area (Å²) in [5, 5.41) is 11.7. The molecule has 0 unspecified atom stereocenters. The van der Waals surface area contributed by atoms with Gasteiger partial charge in [0.1, 0.15) is 5.82 Å². The normalized spacial score (nSPS) is 11.1. The average molecular weight is 308 g/mol. The molecule has 2 aromatic carbocycles. The molecule has 0 heterocycles. The molecule has 22 heavy (non-hydrogen) atoms. The van der Waals surface area contributed by atoms with E-state index in [0.29, 0.717) is 17.3 Å². The zero-order valence-electron chi connectivity index (χ0n) is 11.6. The molecule has 0 aromatic heterocycles. The SMILES string of the molecule is Cc1ccc(C#N)cc1NCc1ccc(F)cc1C(F)(F)F. The van der Waals surface area contributed by atoms with E-state index in [9.17, 15) is 17.6 Å². The molecule has 0 radical (unpaired) electrons. The number of hydrogen-bond acceptors (Lipinski definition) is 2. The van der Waals surface area contributed by atoms with E-state index in [1.807, 2.05) is 6.07 Å². The fourth-order valence-electron chi connectivity index (χ4n) is 2.04. The van der Waals surface area contributed by atoms with Gasteiger partial charge in [-0.05, 0) is 42.3 Å². The minimum absolute atomic E-state index is 0.0596. The van der Waals surface area contributed by atoms with E-state index in [2.05, 4.69) is 5.32 Å². The Bertz CT molecular complexity index is 730. The van der Waals surface area contributed by atoms with Crippen molar-refractivity contribution in [3.8, 4) is 6.07 Å². The van der Waals surface area contributed by atoms with Crippen LogP contribution in [0.25, 0.3) is 0 Å². The molecule has 0 aliphatic rings. The highest BCUT2D eigenvalue weighted by atomic mass is 19.4. The van der Waals surface area contributed by atoms with E-state index in [-0.39, 0.29) is 12.1 Å². The zero-order valence-corrected chi connectivity index (χ0v) is 11.6. The number of nitriles is 1. The number of rotatable bonds is 3. The van der Waals surface area contributed by atoms with E-state index in [1.54, 1.807) is 25.1 Å². The minimum Gasteiger partial charge on any atom is -0.381 e. The van der Waals surface area contributed by atoms with Gasteiger partial charge in [0.15, 0.2) is 0 Å². The molecule has 0 amide bonds. The fraction of sp³-hybridized carbons (Fsp3) is 0.188. The van der Waals surface area contributed by atoms with E-state index in [4.69, 9.17) is 5.26 Å². The fourth-order valence-corrected chi connectivity index (χ4v) is 2.04. The van der Waals surface area contributed by atoms with Crippen molar-refractivity contribution < 1.29 is 17.6 Å². The van der Waals surface area contributed by atoms with Gasteiger partial charge in [-0.2, -0.15) is 18.4 Å². The van der Waals surface area contributed by atoms with Crippen LogP contribution in [0, 0.1) is 24.1 Å². The van der Waals surface area contributed by atoms with Crippen molar-refractivity contribution in [1.82, 2.24) is 0 Å². The van der Waals surface area contributed by atoms with Crippen molar-refractivity contribution in [3.63, 3.8) is 0 Å². The first-order chi connectivity index (χ1) is 10.3. The predicted octanol–water partition coefficient (Wildman–Crippen LogP) is 4.64.